The summed E-state index contributed by atoms with van der Waals surface area (Å²) < 4.78 is 5.93. The summed E-state index contributed by atoms with van der Waals surface area (Å²) in [6.07, 6.45) is 6.20. The Morgan fingerprint density at radius 2 is 1.81 bits per heavy atom. The summed E-state index contributed by atoms with van der Waals surface area (Å²) in [7, 11) is 0. The van der Waals surface area contributed by atoms with E-state index >= 15 is 0 Å². The van der Waals surface area contributed by atoms with Gasteiger partial charge < -0.3 is 14.9 Å². The maximum Gasteiger partial charge on any atom is 0.219 e. The molecule has 6 nitrogen and oxygen atoms in total. The molecule has 2 aliphatic rings. The Labute approximate surface area is 157 Å². The highest BCUT2D eigenvalue weighted by molar-refractivity contribution is 5.89. The molecule has 0 saturated heterocycles. The van der Waals surface area contributed by atoms with Crippen molar-refractivity contribution in [3.05, 3.63) is 41.5 Å². The van der Waals surface area contributed by atoms with E-state index in [1.807, 2.05) is 6.07 Å². The van der Waals surface area contributed by atoms with E-state index in [4.69, 9.17) is 4.74 Å². The third kappa shape index (κ3) is 3.00. The zero-order valence-corrected chi connectivity index (χ0v) is 15.1. The van der Waals surface area contributed by atoms with E-state index in [1.165, 1.54) is 30.4 Å². The minimum atomic E-state index is -0.161. The van der Waals surface area contributed by atoms with Crippen LogP contribution in [-0.2, 0) is 12.8 Å². The third-order valence-electron chi connectivity index (χ3n) is 5.91. The van der Waals surface area contributed by atoms with Gasteiger partial charge >= 0.3 is 0 Å². The first-order valence-corrected chi connectivity index (χ1v) is 9.62. The van der Waals surface area contributed by atoms with Crippen LogP contribution >= 0.6 is 0 Å². The normalized spacial score (nSPS) is 18.1. The maximum absolute atomic E-state index is 9.83. The van der Waals surface area contributed by atoms with Crippen molar-refractivity contribution in [3.8, 4) is 23.4 Å². The van der Waals surface area contributed by atoms with Crippen LogP contribution < -0.4 is 4.74 Å². The van der Waals surface area contributed by atoms with Gasteiger partial charge in [-0.05, 0) is 55.0 Å². The Balaban J connectivity index is 1.36. The molecule has 3 aromatic rings. The lowest BCUT2D eigenvalue weighted by molar-refractivity contribution is 0.133. The Kier molecular flexibility index (Phi) is 3.93. The van der Waals surface area contributed by atoms with Crippen molar-refractivity contribution in [1.29, 1.82) is 0 Å². The molecule has 1 aromatic carbocycles. The number of pyridine rings is 1. The molecule has 0 atom stereocenters. The number of hydrogen-bond acceptors (Lipinski definition) is 5. The van der Waals surface area contributed by atoms with E-state index in [0.717, 1.165) is 37.7 Å². The second-order valence-corrected chi connectivity index (χ2v) is 7.52. The molecule has 140 valence electrons. The highest BCUT2D eigenvalue weighted by Gasteiger charge is 2.26. The van der Waals surface area contributed by atoms with Crippen molar-refractivity contribution in [2.75, 3.05) is 13.1 Å². The fourth-order valence-electron chi connectivity index (χ4n) is 4.13. The smallest absolute Gasteiger partial charge is 0.219 e. The molecule has 1 fully saturated rings. The number of nitrogens with one attached hydrogen (secondary N) is 1. The van der Waals surface area contributed by atoms with Gasteiger partial charge in [0.2, 0.25) is 17.6 Å². The quantitative estimate of drug-likeness (QED) is 0.659. The number of fused-ring (bicyclic) bond motifs is 2. The van der Waals surface area contributed by atoms with Gasteiger partial charge in [0.1, 0.15) is 11.3 Å². The maximum atomic E-state index is 9.83. The number of rotatable bonds is 3. The molecule has 6 heteroatoms. The van der Waals surface area contributed by atoms with Gasteiger partial charge in [0.05, 0.1) is 5.39 Å². The minimum Gasteiger partial charge on any atom is -0.494 e. The lowest BCUT2D eigenvalue weighted by Gasteiger charge is -2.36. The predicted molar refractivity (Wildman–Crippen MR) is 103 cm³/mol. The van der Waals surface area contributed by atoms with E-state index in [0.29, 0.717) is 16.8 Å². The Bertz CT molecular complexity index is 994. The highest BCUT2D eigenvalue weighted by Crippen LogP contribution is 2.34. The summed E-state index contributed by atoms with van der Waals surface area (Å²) in [5.41, 5.74) is 3.05. The zero-order valence-electron chi connectivity index (χ0n) is 15.1. The van der Waals surface area contributed by atoms with E-state index in [-0.39, 0.29) is 11.8 Å². The van der Waals surface area contributed by atoms with Gasteiger partial charge in [-0.2, -0.15) is 0 Å². The highest BCUT2D eigenvalue weighted by atomic mass is 16.5. The molecule has 0 spiro atoms. The second-order valence-electron chi connectivity index (χ2n) is 7.52. The van der Waals surface area contributed by atoms with Crippen molar-refractivity contribution < 1.29 is 14.9 Å². The lowest BCUT2D eigenvalue weighted by atomic mass is 9.91. The number of hydrogen-bond donors (Lipinski definition) is 3. The number of nitrogens with zero attached hydrogens (tertiary/aromatic N) is 2. The van der Waals surface area contributed by atoms with Gasteiger partial charge in [0.15, 0.2) is 0 Å². The number of H-pyrrole nitrogens is 1. The lowest BCUT2D eigenvalue weighted by Crippen LogP contribution is -2.41. The van der Waals surface area contributed by atoms with Crippen LogP contribution in [0.5, 0.6) is 23.4 Å². The van der Waals surface area contributed by atoms with Crippen LogP contribution in [0, 0.1) is 0 Å². The van der Waals surface area contributed by atoms with E-state index in [9.17, 15) is 10.2 Å². The number of aromatic nitrogens is 2. The summed E-state index contributed by atoms with van der Waals surface area (Å²) in [6.45, 7) is 2.26. The summed E-state index contributed by atoms with van der Waals surface area (Å²) in [4.78, 5) is 9.41. The van der Waals surface area contributed by atoms with Crippen LogP contribution in [0.15, 0.2) is 30.3 Å². The summed E-state index contributed by atoms with van der Waals surface area (Å²) in [6, 6.07) is 10.4. The van der Waals surface area contributed by atoms with Crippen molar-refractivity contribution in [3.63, 3.8) is 0 Å². The summed E-state index contributed by atoms with van der Waals surface area (Å²) >= 11 is 0. The standard InChI is InChI=1S/C21H23N3O3/c25-20-17-6-7-18(22-19(17)21(26)23-20)27-16-5-4-13-8-10-24(15-2-1-3-15)11-9-14(13)12-16/h4-7,12,15,23,25-26H,1-3,8-11H2. The van der Waals surface area contributed by atoms with Crippen LogP contribution in [0.2, 0.25) is 0 Å². The predicted octanol–water partition coefficient (Wildman–Crippen LogP) is 3.72. The van der Waals surface area contributed by atoms with Gasteiger partial charge in [-0.1, -0.05) is 12.5 Å². The first-order valence-electron chi connectivity index (χ1n) is 9.62. The fourth-order valence-corrected chi connectivity index (χ4v) is 4.13. The van der Waals surface area contributed by atoms with Crippen molar-refractivity contribution in [2.45, 2.75) is 38.1 Å². The molecule has 5 rings (SSSR count). The number of ether oxygens (including phenoxy) is 1. The van der Waals surface area contributed by atoms with E-state index in [2.05, 4.69) is 27.0 Å². The molecule has 0 radical (unpaired) electrons. The average molecular weight is 365 g/mol. The molecule has 1 aliphatic carbocycles. The van der Waals surface area contributed by atoms with Crippen LogP contribution in [0.25, 0.3) is 10.9 Å². The molecular formula is C21H23N3O3. The van der Waals surface area contributed by atoms with E-state index in [1.54, 1.807) is 12.1 Å². The third-order valence-corrected chi connectivity index (χ3v) is 5.91. The molecule has 3 N–H and O–H groups in total. The second kappa shape index (κ2) is 6.46. The Morgan fingerprint density at radius 1 is 1.00 bits per heavy atom. The molecule has 27 heavy (non-hydrogen) atoms. The van der Waals surface area contributed by atoms with Gasteiger partial charge in [0.25, 0.3) is 0 Å². The topological polar surface area (TPSA) is 81.6 Å². The molecule has 1 aliphatic heterocycles. The van der Waals surface area contributed by atoms with Crippen LogP contribution in [0.3, 0.4) is 0 Å². The molecule has 0 amide bonds. The average Bonchev–Trinajstić information content (AvgIpc) is 2.78. The Morgan fingerprint density at radius 3 is 2.59 bits per heavy atom. The first kappa shape index (κ1) is 16.4. The van der Waals surface area contributed by atoms with Crippen LogP contribution in [-0.4, -0.2) is 44.2 Å². The molecule has 0 unspecified atom stereocenters. The first-order chi connectivity index (χ1) is 13.2. The molecule has 1 saturated carbocycles. The molecule has 3 heterocycles. The number of aromatic amines is 1. The van der Waals surface area contributed by atoms with Crippen LogP contribution in [0.1, 0.15) is 30.4 Å². The van der Waals surface area contributed by atoms with Gasteiger partial charge in [0, 0.05) is 25.2 Å². The summed E-state index contributed by atoms with van der Waals surface area (Å²) in [5.74, 6) is 0.881. The monoisotopic (exact) mass is 365 g/mol. The van der Waals surface area contributed by atoms with Gasteiger partial charge in [-0.3, -0.25) is 9.88 Å². The molecule has 2 aromatic heterocycles. The minimum absolute atomic E-state index is 0.0948. The largest absolute Gasteiger partial charge is 0.494 e. The summed E-state index contributed by atoms with van der Waals surface area (Å²) in [5, 5.41) is 20.0. The SMILES string of the molecule is Oc1[nH]c(O)c2nc(Oc3ccc4c(c3)CCN(C3CCC3)CC4)ccc12. The van der Waals surface area contributed by atoms with Gasteiger partial charge in [-0.15, -0.1) is 0 Å². The molecule has 0 bridgehead atoms. The number of benzene rings is 1. The van der Waals surface area contributed by atoms with Crippen molar-refractivity contribution in [1.82, 2.24) is 14.9 Å². The molecular weight excluding hydrogens is 342 g/mol. The number of aromatic hydroxyl groups is 2. The van der Waals surface area contributed by atoms with E-state index < -0.39 is 0 Å². The van der Waals surface area contributed by atoms with Crippen molar-refractivity contribution >= 4 is 10.9 Å². The Hall–Kier alpha value is -2.73. The van der Waals surface area contributed by atoms with Crippen LogP contribution in [0.4, 0.5) is 0 Å². The van der Waals surface area contributed by atoms with Gasteiger partial charge in [-0.25, -0.2) is 4.98 Å². The fraction of sp³-hybridized carbons (Fsp3) is 0.381. The zero-order chi connectivity index (χ0) is 18.4. The van der Waals surface area contributed by atoms with Crippen molar-refractivity contribution in [2.24, 2.45) is 0 Å².